The highest BCUT2D eigenvalue weighted by atomic mass is 16.5. The first-order valence-electron chi connectivity index (χ1n) is 5.52. The Morgan fingerprint density at radius 2 is 2.24 bits per heavy atom. The average Bonchev–Trinajstić information content (AvgIpc) is 2.22. The average molecular weight is 236 g/mol. The third kappa shape index (κ3) is 2.50. The van der Waals surface area contributed by atoms with Crippen LogP contribution in [0, 0.1) is 0 Å². The lowest BCUT2D eigenvalue weighted by molar-refractivity contribution is 0.0329. The second-order valence-electron chi connectivity index (χ2n) is 4.28. The number of nitrogen functional groups attached to an aromatic ring is 1. The van der Waals surface area contributed by atoms with Crippen LogP contribution < -0.4 is 11.1 Å². The molecular formula is C12H16N2O3. The Morgan fingerprint density at radius 1 is 1.53 bits per heavy atom. The van der Waals surface area contributed by atoms with Crippen molar-refractivity contribution in [2.45, 2.75) is 25.0 Å². The van der Waals surface area contributed by atoms with Gasteiger partial charge in [0, 0.05) is 24.5 Å². The first-order chi connectivity index (χ1) is 8.10. The van der Waals surface area contributed by atoms with Gasteiger partial charge in [0.2, 0.25) is 0 Å². The highest BCUT2D eigenvalue weighted by molar-refractivity contribution is 5.94. The van der Waals surface area contributed by atoms with Gasteiger partial charge in [0.1, 0.15) is 0 Å². The highest BCUT2D eigenvalue weighted by Gasteiger charge is 2.28. The molecule has 1 aliphatic rings. The fraction of sp³-hybridized carbons (Fsp3) is 0.417. The molecule has 1 aliphatic carbocycles. The first kappa shape index (κ1) is 11.7. The lowest BCUT2D eigenvalue weighted by atomic mass is 9.89. The second kappa shape index (κ2) is 4.63. The molecule has 0 radical (unpaired) electrons. The molecule has 0 atom stereocenters. The van der Waals surface area contributed by atoms with E-state index in [4.69, 9.17) is 15.6 Å². The van der Waals surface area contributed by atoms with E-state index in [1.807, 2.05) is 0 Å². The lowest BCUT2D eigenvalue weighted by Crippen LogP contribution is -2.40. The normalized spacial score (nSPS) is 22.9. The van der Waals surface area contributed by atoms with E-state index in [0.717, 1.165) is 18.5 Å². The Bertz CT molecular complexity index is 428. The van der Waals surface area contributed by atoms with E-state index in [-0.39, 0.29) is 11.3 Å². The zero-order chi connectivity index (χ0) is 12.4. The standard InChI is InChI=1S/C12H16N2O3/c1-17-9-4-8(5-9)14-7-2-3-10(12(15)16)11(13)6-7/h2-3,6,8-9,14H,4-5,13H2,1H3,(H,15,16). The molecule has 0 aliphatic heterocycles. The van der Waals surface area contributed by atoms with Gasteiger partial charge in [-0.05, 0) is 31.0 Å². The zero-order valence-corrected chi connectivity index (χ0v) is 9.64. The van der Waals surface area contributed by atoms with Gasteiger partial charge >= 0.3 is 5.97 Å². The van der Waals surface area contributed by atoms with E-state index in [1.165, 1.54) is 6.07 Å². The summed E-state index contributed by atoms with van der Waals surface area (Å²) in [5, 5.41) is 12.1. The van der Waals surface area contributed by atoms with Gasteiger partial charge in [-0.15, -0.1) is 0 Å². The third-order valence-corrected chi connectivity index (χ3v) is 3.08. The Labute approximate surface area is 99.6 Å². The molecule has 0 heterocycles. The predicted molar refractivity (Wildman–Crippen MR) is 65.3 cm³/mol. The van der Waals surface area contributed by atoms with Crippen LogP contribution in [-0.2, 0) is 4.74 Å². The number of nitrogens with two attached hydrogens (primary N) is 1. The minimum atomic E-state index is -1.00. The SMILES string of the molecule is COC1CC(Nc2ccc(C(=O)O)c(N)c2)C1. The van der Waals surface area contributed by atoms with Crippen molar-refractivity contribution in [3.63, 3.8) is 0 Å². The molecule has 5 nitrogen and oxygen atoms in total. The number of hydrogen-bond donors (Lipinski definition) is 3. The van der Waals surface area contributed by atoms with Crippen LogP contribution in [0.3, 0.4) is 0 Å². The number of carboxylic acid groups (broad SMARTS) is 1. The molecule has 0 aromatic heterocycles. The van der Waals surface area contributed by atoms with Crippen molar-refractivity contribution in [2.75, 3.05) is 18.2 Å². The molecule has 1 saturated carbocycles. The van der Waals surface area contributed by atoms with Crippen LogP contribution in [0.4, 0.5) is 11.4 Å². The summed E-state index contributed by atoms with van der Waals surface area (Å²) in [6, 6.07) is 5.30. The molecule has 92 valence electrons. The van der Waals surface area contributed by atoms with E-state index < -0.39 is 5.97 Å². The van der Waals surface area contributed by atoms with E-state index in [9.17, 15) is 4.79 Å². The Hall–Kier alpha value is -1.75. The number of nitrogens with one attached hydrogen (secondary N) is 1. The third-order valence-electron chi connectivity index (χ3n) is 3.08. The predicted octanol–water partition coefficient (Wildman–Crippen LogP) is 1.56. The van der Waals surface area contributed by atoms with Crippen LogP contribution in [0.1, 0.15) is 23.2 Å². The minimum absolute atomic E-state index is 0.138. The second-order valence-corrected chi connectivity index (χ2v) is 4.28. The molecule has 0 bridgehead atoms. The minimum Gasteiger partial charge on any atom is -0.478 e. The van der Waals surface area contributed by atoms with E-state index in [2.05, 4.69) is 5.32 Å². The number of rotatable bonds is 4. The molecule has 1 fully saturated rings. The van der Waals surface area contributed by atoms with E-state index in [0.29, 0.717) is 12.1 Å². The Morgan fingerprint density at radius 3 is 2.76 bits per heavy atom. The van der Waals surface area contributed by atoms with Crippen LogP contribution in [0.5, 0.6) is 0 Å². The van der Waals surface area contributed by atoms with Crippen molar-refractivity contribution in [1.82, 2.24) is 0 Å². The summed E-state index contributed by atoms with van der Waals surface area (Å²) < 4.78 is 5.19. The molecule has 1 aromatic rings. The van der Waals surface area contributed by atoms with Gasteiger partial charge in [-0.2, -0.15) is 0 Å². The number of carbonyl (C=O) groups is 1. The summed E-state index contributed by atoms with van der Waals surface area (Å²) in [7, 11) is 1.71. The summed E-state index contributed by atoms with van der Waals surface area (Å²) in [6.07, 6.45) is 2.27. The highest BCUT2D eigenvalue weighted by Crippen LogP contribution is 2.27. The molecule has 4 N–H and O–H groups in total. The number of hydrogen-bond acceptors (Lipinski definition) is 4. The maximum atomic E-state index is 10.8. The maximum Gasteiger partial charge on any atom is 0.337 e. The number of ether oxygens (including phenoxy) is 1. The smallest absolute Gasteiger partial charge is 0.337 e. The Kier molecular flexibility index (Phi) is 3.19. The topological polar surface area (TPSA) is 84.6 Å². The van der Waals surface area contributed by atoms with Crippen molar-refractivity contribution >= 4 is 17.3 Å². The summed E-state index contributed by atoms with van der Waals surface area (Å²) in [6.45, 7) is 0. The van der Waals surface area contributed by atoms with Gasteiger partial charge in [-0.25, -0.2) is 4.79 Å². The maximum absolute atomic E-state index is 10.8. The molecule has 0 amide bonds. The van der Waals surface area contributed by atoms with Crippen molar-refractivity contribution in [1.29, 1.82) is 0 Å². The van der Waals surface area contributed by atoms with Crippen molar-refractivity contribution in [3.8, 4) is 0 Å². The molecule has 5 heteroatoms. The van der Waals surface area contributed by atoms with Gasteiger partial charge < -0.3 is 20.9 Å². The Balaban J connectivity index is 1.99. The van der Waals surface area contributed by atoms with Gasteiger partial charge in [0.15, 0.2) is 0 Å². The monoisotopic (exact) mass is 236 g/mol. The van der Waals surface area contributed by atoms with Crippen LogP contribution >= 0.6 is 0 Å². The van der Waals surface area contributed by atoms with Crippen LogP contribution in [-0.4, -0.2) is 30.3 Å². The number of methoxy groups -OCH3 is 1. The van der Waals surface area contributed by atoms with E-state index in [1.54, 1.807) is 19.2 Å². The fourth-order valence-electron chi connectivity index (χ4n) is 1.96. The molecule has 17 heavy (non-hydrogen) atoms. The molecule has 0 unspecified atom stereocenters. The lowest BCUT2D eigenvalue weighted by Gasteiger charge is -2.35. The number of carboxylic acids is 1. The van der Waals surface area contributed by atoms with Gasteiger partial charge in [-0.3, -0.25) is 0 Å². The number of benzene rings is 1. The molecular weight excluding hydrogens is 220 g/mol. The summed E-state index contributed by atoms with van der Waals surface area (Å²) in [5.41, 5.74) is 6.94. The van der Waals surface area contributed by atoms with Gasteiger partial charge in [-0.1, -0.05) is 0 Å². The van der Waals surface area contributed by atoms with Crippen molar-refractivity contribution in [2.24, 2.45) is 0 Å². The fourth-order valence-corrected chi connectivity index (χ4v) is 1.96. The van der Waals surface area contributed by atoms with Crippen molar-refractivity contribution in [3.05, 3.63) is 23.8 Å². The molecule has 0 spiro atoms. The molecule has 0 saturated heterocycles. The summed E-state index contributed by atoms with van der Waals surface area (Å²) in [4.78, 5) is 10.8. The molecule has 2 rings (SSSR count). The first-order valence-corrected chi connectivity index (χ1v) is 5.52. The van der Waals surface area contributed by atoms with Gasteiger partial charge in [0.05, 0.1) is 11.7 Å². The van der Waals surface area contributed by atoms with Crippen LogP contribution in [0.2, 0.25) is 0 Å². The zero-order valence-electron chi connectivity index (χ0n) is 9.64. The summed E-state index contributed by atoms with van der Waals surface area (Å²) in [5.74, 6) is -1.00. The van der Waals surface area contributed by atoms with Crippen molar-refractivity contribution < 1.29 is 14.6 Å². The van der Waals surface area contributed by atoms with Crippen LogP contribution in [0.25, 0.3) is 0 Å². The molecule has 1 aromatic carbocycles. The van der Waals surface area contributed by atoms with Crippen LogP contribution in [0.15, 0.2) is 18.2 Å². The largest absolute Gasteiger partial charge is 0.478 e. The van der Waals surface area contributed by atoms with Gasteiger partial charge in [0.25, 0.3) is 0 Å². The number of aromatic carboxylic acids is 1. The van der Waals surface area contributed by atoms with E-state index >= 15 is 0 Å². The summed E-state index contributed by atoms with van der Waals surface area (Å²) >= 11 is 0. The number of anilines is 2. The quantitative estimate of drug-likeness (QED) is 0.691.